The Bertz CT molecular complexity index is 1740. The number of nitrogens with zero attached hydrogens (tertiary/aromatic N) is 3. The first kappa shape index (κ1) is 27.7. The highest BCUT2D eigenvalue weighted by atomic mass is 32.1. The van der Waals surface area contributed by atoms with Crippen molar-refractivity contribution in [2.24, 2.45) is 4.99 Å². The van der Waals surface area contributed by atoms with Crippen LogP contribution in [-0.2, 0) is 19.1 Å². The normalized spacial score (nSPS) is 18.0. The molecule has 0 bridgehead atoms. The predicted octanol–water partition coefficient (Wildman–Crippen LogP) is 1.76. The van der Waals surface area contributed by atoms with Gasteiger partial charge in [0.15, 0.2) is 22.9 Å². The van der Waals surface area contributed by atoms with Crippen LogP contribution in [-0.4, -0.2) is 67.7 Å². The van der Waals surface area contributed by atoms with Gasteiger partial charge in [0.05, 0.1) is 41.7 Å². The van der Waals surface area contributed by atoms with Crippen LogP contribution < -0.4 is 29.1 Å². The van der Waals surface area contributed by atoms with Gasteiger partial charge >= 0.3 is 5.97 Å². The Kier molecular flexibility index (Phi) is 7.81. The van der Waals surface area contributed by atoms with Crippen LogP contribution in [0, 0.1) is 0 Å². The van der Waals surface area contributed by atoms with Crippen molar-refractivity contribution in [3.63, 3.8) is 0 Å². The molecule has 42 heavy (non-hydrogen) atoms. The molecule has 1 fully saturated rings. The zero-order chi connectivity index (χ0) is 29.2. The molecule has 3 aromatic rings. The number of esters is 1. The molecular weight excluding hydrogens is 562 g/mol. The van der Waals surface area contributed by atoms with Gasteiger partial charge in [0, 0.05) is 13.1 Å². The van der Waals surface area contributed by atoms with E-state index in [1.165, 1.54) is 15.9 Å². The number of carbonyl (C=O) groups excluding carboxylic acids is 2. The Morgan fingerprint density at radius 1 is 1.10 bits per heavy atom. The van der Waals surface area contributed by atoms with E-state index in [-0.39, 0.29) is 31.5 Å². The molecule has 1 atom stereocenters. The van der Waals surface area contributed by atoms with Crippen molar-refractivity contribution in [1.82, 2.24) is 9.47 Å². The van der Waals surface area contributed by atoms with Gasteiger partial charge in [-0.15, -0.1) is 0 Å². The van der Waals surface area contributed by atoms with E-state index in [9.17, 15) is 14.4 Å². The molecule has 4 heterocycles. The number of aromatic nitrogens is 1. The van der Waals surface area contributed by atoms with E-state index in [1.54, 1.807) is 49.1 Å². The van der Waals surface area contributed by atoms with E-state index < -0.39 is 12.0 Å². The molecule has 0 unspecified atom stereocenters. The Balaban J connectivity index is 1.30. The van der Waals surface area contributed by atoms with E-state index >= 15 is 0 Å². The molecule has 12 heteroatoms. The van der Waals surface area contributed by atoms with Crippen LogP contribution in [0.25, 0.3) is 6.08 Å². The summed E-state index contributed by atoms with van der Waals surface area (Å²) in [6, 6.07) is 11.8. The van der Waals surface area contributed by atoms with Crippen molar-refractivity contribution in [2.75, 3.05) is 46.3 Å². The highest BCUT2D eigenvalue weighted by Crippen LogP contribution is 2.38. The van der Waals surface area contributed by atoms with Gasteiger partial charge in [-0.3, -0.25) is 14.2 Å². The molecule has 0 spiro atoms. The quantitative estimate of drug-likeness (QED) is 0.382. The highest BCUT2D eigenvalue weighted by molar-refractivity contribution is 7.07. The summed E-state index contributed by atoms with van der Waals surface area (Å²) in [6.07, 6.45) is 1.77. The number of fused-ring (bicyclic) bond motifs is 2. The number of morpholine rings is 1. The number of amides is 1. The summed E-state index contributed by atoms with van der Waals surface area (Å²) < 4.78 is 29.3. The topological polar surface area (TPSA) is 118 Å². The molecule has 1 aromatic heterocycles. The third kappa shape index (κ3) is 5.42. The molecule has 1 amide bonds. The maximum absolute atomic E-state index is 13.8. The maximum Gasteiger partial charge on any atom is 0.338 e. The Hall–Kier alpha value is -4.42. The molecule has 218 valence electrons. The lowest BCUT2D eigenvalue weighted by Crippen LogP contribution is -2.42. The molecule has 2 aromatic carbocycles. The Morgan fingerprint density at radius 3 is 2.62 bits per heavy atom. The van der Waals surface area contributed by atoms with Gasteiger partial charge in [-0.25, -0.2) is 9.79 Å². The zero-order valence-corrected chi connectivity index (χ0v) is 24.0. The number of allylic oxidation sites excluding steroid dienone is 1. The molecule has 0 saturated carbocycles. The number of rotatable bonds is 7. The van der Waals surface area contributed by atoms with Crippen LogP contribution >= 0.6 is 11.3 Å². The van der Waals surface area contributed by atoms with Crippen LogP contribution in [0.2, 0.25) is 0 Å². The smallest absolute Gasteiger partial charge is 0.338 e. The van der Waals surface area contributed by atoms with Gasteiger partial charge in [-0.1, -0.05) is 29.5 Å². The van der Waals surface area contributed by atoms with Crippen LogP contribution in [0.3, 0.4) is 0 Å². The zero-order valence-electron chi connectivity index (χ0n) is 23.2. The number of benzene rings is 2. The second-order valence-corrected chi connectivity index (χ2v) is 10.8. The second-order valence-electron chi connectivity index (χ2n) is 9.77. The summed E-state index contributed by atoms with van der Waals surface area (Å²) in [5, 5.41) is 0. The monoisotopic (exact) mass is 591 g/mol. The molecule has 0 N–H and O–H groups in total. The van der Waals surface area contributed by atoms with Crippen molar-refractivity contribution < 1.29 is 33.3 Å². The minimum atomic E-state index is -0.753. The number of ether oxygens (including phenoxy) is 5. The molecule has 3 aliphatic rings. The minimum Gasteiger partial charge on any atom is -0.484 e. The van der Waals surface area contributed by atoms with Crippen molar-refractivity contribution in [3.05, 3.63) is 84.5 Å². The average molecular weight is 592 g/mol. The molecular formula is C30H29N3O8S. The van der Waals surface area contributed by atoms with E-state index in [0.29, 0.717) is 69.7 Å². The Morgan fingerprint density at radius 2 is 1.86 bits per heavy atom. The van der Waals surface area contributed by atoms with Gasteiger partial charge < -0.3 is 28.6 Å². The fourth-order valence-electron chi connectivity index (χ4n) is 5.05. The van der Waals surface area contributed by atoms with Gasteiger partial charge in [0.2, 0.25) is 6.79 Å². The molecule has 3 aliphatic heterocycles. The summed E-state index contributed by atoms with van der Waals surface area (Å²) in [5.74, 6) is 1.08. The maximum atomic E-state index is 13.8. The molecule has 0 aliphatic carbocycles. The first-order valence-electron chi connectivity index (χ1n) is 13.6. The highest BCUT2D eigenvalue weighted by Gasteiger charge is 2.34. The van der Waals surface area contributed by atoms with Gasteiger partial charge in [0.1, 0.15) is 5.75 Å². The fourth-order valence-corrected chi connectivity index (χ4v) is 6.10. The summed E-state index contributed by atoms with van der Waals surface area (Å²) >= 11 is 1.24. The Labute approximate surface area is 244 Å². The average Bonchev–Trinajstić information content (AvgIpc) is 3.60. The second kappa shape index (κ2) is 11.8. The third-order valence-electron chi connectivity index (χ3n) is 7.13. The third-order valence-corrected chi connectivity index (χ3v) is 8.12. The summed E-state index contributed by atoms with van der Waals surface area (Å²) in [7, 11) is 0. The van der Waals surface area contributed by atoms with Gasteiger partial charge in [-0.2, -0.15) is 0 Å². The van der Waals surface area contributed by atoms with E-state index in [2.05, 4.69) is 4.99 Å². The van der Waals surface area contributed by atoms with Gasteiger partial charge in [-0.05, 0) is 55.3 Å². The van der Waals surface area contributed by atoms with Crippen LogP contribution in [0.5, 0.6) is 17.2 Å². The number of hydrogen-bond donors (Lipinski definition) is 0. The fraction of sp³-hybridized carbons (Fsp3) is 0.333. The van der Waals surface area contributed by atoms with Crippen molar-refractivity contribution in [1.29, 1.82) is 0 Å². The standard InChI is InChI=1S/C30H29N3O8S/c1-3-38-29(36)26-18(2)31-30-33(27(26)20-6-9-22-23(15-20)41-17-40-22)28(35)24(42-30)14-19-4-7-21(8-5-19)39-16-25(34)32-10-12-37-13-11-32/h4-9,14-15,27H,3,10-13,16-17H2,1-2H3/b24-14+/t27-/m0/s1. The van der Waals surface area contributed by atoms with Crippen molar-refractivity contribution in [3.8, 4) is 17.2 Å². The van der Waals surface area contributed by atoms with E-state index in [0.717, 1.165) is 5.56 Å². The molecule has 1 saturated heterocycles. The van der Waals surface area contributed by atoms with Crippen molar-refractivity contribution in [2.45, 2.75) is 19.9 Å². The first-order chi connectivity index (χ1) is 20.4. The van der Waals surface area contributed by atoms with Crippen LogP contribution in [0.1, 0.15) is 31.0 Å². The summed E-state index contributed by atoms with van der Waals surface area (Å²) in [4.78, 5) is 46.1. The predicted molar refractivity (Wildman–Crippen MR) is 152 cm³/mol. The number of carbonyl (C=O) groups is 2. The lowest BCUT2D eigenvalue weighted by Gasteiger charge is -2.26. The lowest BCUT2D eigenvalue weighted by molar-refractivity contribution is -0.139. The molecule has 0 radical (unpaired) electrons. The minimum absolute atomic E-state index is 0.0556. The van der Waals surface area contributed by atoms with Crippen LogP contribution in [0.4, 0.5) is 0 Å². The van der Waals surface area contributed by atoms with E-state index in [4.69, 9.17) is 23.7 Å². The first-order valence-corrected chi connectivity index (χ1v) is 14.4. The summed E-state index contributed by atoms with van der Waals surface area (Å²) in [5.41, 5.74) is 1.94. The number of hydrogen-bond acceptors (Lipinski definition) is 10. The lowest BCUT2D eigenvalue weighted by atomic mass is 9.95. The summed E-state index contributed by atoms with van der Waals surface area (Å²) in [6.45, 7) is 5.91. The van der Waals surface area contributed by atoms with Crippen LogP contribution in [0.15, 0.2) is 63.5 Å². The molecule has 11 nitrogen and oxygen atoms in total. The van der Waals surface area contributed by atoms with E-state index in [1.807, 2.05) is 18.2 Å². The largest absolute Gasteiger partial charge is 0.484 e. The SMILES string of the molecule is CCOC(=O)C1=C(C)N=c2s/c(=C/c3ccc(OCC(=O)N4CCOCC4)cc3)c(=O)n2[C@H]1c1ccc2c(c1)OCO2. The number of thiazole rings is 1. The van der Waals surface area contributed by atoms with Crippen molar-refractivity contribution >= 4 is 29.3 Å². The molecule has 6 rings (SSSR count). The van der Waals surface area contributed by atoms with Gasteiger partial charge in [0.25, 0.3) is 11.5 Å².